The van der Waals surface area contributed by atoms with Gasteiger partial charge in [-0.2, -0.15) is 11.8 Å². The summed E-state index contributed by atoms with van der Waals surface area (Å²) in [4.78, 5) is 39.2. The van der Waals surface area contributed by atoms with Crippen molar-refractivity contribution in [1.29, 1.82) is 0 Å². The number of aliphatic hydroxyl groups is 1. The van der Waals surface area contributed by atoms with Gasteiger partial charge in [0.15, 0.2) is 8.32 Å². The topological polar surface area (TPSA) is 93.1 Å². The molecule has 176 valence electrons. The van der Waals surface area contributed by atoms with E-state index in [-0.39, 0.29) is 35.0 Å². The molecule has 2 heterocycles. The van der Waals surface area contributed by atoms with Crippen molar-refractivity contribution in [3.05, 3.63) is 12.7 Å². The molecule has 0 aromatic heterocycles. The molecular weight excluding hydrogens is 434 g/mol. The largest absolute Gasteiger partial charge is 0.458 e. The lowest BCUT2D eigenvalue weighted by Crippen LogP contribution is -2.70. The number of rotatable bonds is 10. The lowest BCUT2D eigenvalue weighted by atomic mass is 9.79. The number of carbonyl (C=O) groups excluding carboxylic acids is 3. The zero-order valence-corrected chi connectivity index (χ0v) is 21.4. The lowest BCUT2D eigenvalue weighted by Gasteiger charge is -2.52. The van der Waals surface area contributed by atoms with E-state index in [1.807, 2.05) is 6.92 Å². The molecule has 1 N–H and O–H groups in total. The first-order chi connectivity index (χ1) is 14.3. The van der Waals surface area contributed by atoms with Crippen molar-refractivity contribution in [3.63, 3.8) is 0 Å². The second-order valence-corrected chi connectivity index (χ2v) is 16.0. The van der Waals surface area contributed by atoms with Gasteiger partial charge in [0.25, 0.3) is 0 Å². The van der Waals surface area contributed by atoms with Crippen molar-refractivity contribution in [3.8, 4) is 0 Å². The van der Waals surface area contributed by atoms with Crippen molar-refractivity contribution in [2.24, 2.45) is 5.92 Å². The van der Waals surface area contributed by atoms with Crippen LogP contribution in [0.15, 0.2) is 12.7 Å². The Labute approximate surface area is 191 Å². The molecule has 2 aliphatic rings. The molecule has 0 bridgehead atoms. The average Bonchev–Trinajstić information content (AvgIpc) is 3.19. The van der Waals surface area contributed by atoms with E-state index >= 15 is 0 Å². The van der Waals surface area contributed by atoms with Crippen LogP contribution >= 0.6 is 11.8 Å². The number of carbonyl (C=O) groups is 3. The molecule has 0 saturated carbocycles. The Morgan fingerprint density at radius 2 is 2.03 bits per heavy atom. The van der Waals surface area contributed by atoms with Gasteiger partial charge in [-0.1, -0.05) is 33.4 Å². The quantitative estimate of drug-likeness (QED) is 0.226. The van der Waals surface area contributed by atoms with Crippen LogP contribution < -0.4 is 0 Å². The number of hydrogen-bond acceptors (Lipinski definition) is 7. The third-order valence-electron chi connectivity index (χ3n) is 6.62. The van der Waals surface area contributed by atoms with Gasteiger partial charge in [0.2, 0.25) is 12.1 Å². The molecule has 1 unspecified atom stereocenters. The number of nitrogens with zero attached hydrogens (tertiary/aromatic N) is 1. The summed E-state index contributed by atoms with van der Waals surface area (Å²) in [7, 11) is -2.15. The van der Waals surface area contributed by atoms with Crippen molar-refractivity contribution in [2.75, 3.05) is 12.4 Å². The highest BCUT2D eigenvalue weighted by Gasteiger charge is 2.56. The van der Waals surface area contributed by atoms with E-state index in [1.54, 1.807) is 11.8 Å². The van der Waals surface area contributed by atoms with Gasteiger partial charge in [-0.15, -0.1) is 0 Å². The van der Waals surface area contributed by atoms with Crippen LogP contribution in [0.5, 0.6) is 0 Å². The van der Waals surface area contributed by atoms with Crippen molar-refractivity contribution >= 4 is 37.7 Å². The van der Waals surface area contributed by atoms with Crippen LogP contribution in [-0.2, 0) is 23.5 Å². The van der Waals surface area contributed by atoms with E-state index in [0.29, 0.717) is 0 Å². The van der Waals surface area contributed by atoms with E-state index in [1.165, 1.54) is 6.08 Å². The van der Waals surface area contributed by atoms with E-state index in [9.17, 15) is 19.5 Å². The molecule has 7 nitrogen and oxygen atoms in total. The Kier molecular flexibility index (Phi) is 8.57. The normalized spacial score (nSPS) is 26.2. The molecule has 0 aromatic carbocycles. The molecule has 1 amide bonds. The van der Waals surface area contributed by atoms with Crippen LogP contribution in [0.4, 0.5) is 0 Å². The maximum absolute atomic E-state index is 13.0. The van der Waals surface area contributed by atoms with Crippen LogP contribution in [0.3, 0.4) is 0 Å². The highest BCUT2D eigenvalue weighted by molar-refractivity contribution is 8.00. The zero-order chi connectivity index (χ0) is 23.6. The fourth-order valence-electron chi connectivity index (χ4n) is 3.85. The first-order valence-corrected chi connectivity index (χ1v) is 14.9. The zero-order valence-electron chi connectivity index (χ0n) is 19.6. The van der Waals surface area contributed by atoms with Gasteiger partial charge >= 0.3 is 5.97 Å². The van der Waals surface area contributed by atoms with Crippen LogP contribution in [-0.4, -0.2) is 72.0 Å². The molecule has 5 atom stereocenters. The van der Waals surface area contributed by atoms with Crippen molar-refractivity contribution < 1.29 is 28.7 Å². The monoisotopic (exact) mass is 471 g/mol. The SMILES string of the molecule is C=CCOC(=O)C(O)N1C(=O)[C@H]([C@@H](C)O[Si](C)(C)C(C)(C)C)[C@H]1CC(=O)[C@H]1CCCS1. The number of β-lactam (4-membered cyclic amide) rings is 1. The first-order valence-electron chi connectivity index (χ1n) is 10.9. The highest BCUT2D eigenvalue weighted by atomic mass is 32.2. The summed E-state index contributed by atoms with van der Waals surface area (Å²) >= 11 is 1.64. The van der Waals surface area contributed by atoms with E-state index in [0.717, 1.165) is 23.5 Å². The molecule has 2 rings (SSSR count). The molecule has 0 aliphatic carbocycles. The maximum atomic E-state index is 13.0. The van der Waals surface area contributed by atoms with Gasteiger partial charge in [0, 0.05) is 6.42 Å². The maximum Gasteiger partial charge on any atom is 0.356 e. The molecule has 2 saturated heterocycles. The third-order valence-corrected chi connectivity index (χ3v) is 12.6. The van der Waals surface area contributed by atoms with Gasteiger partial charge < -0.3 is 19.2 Å². The lowest BCUT2D eigenvalue weighted by molar-refractivity contribution is -0.196. The van der Waals surface area contributed by atoms with Crippen molar-refractivity contribution in [1.82, 2.24) is 4.90 Å². The van der Waals surface area contributed by atoms with Gasteiger partial charge in [-0.3, -0.25) is 9.59 Å². The number of hydrogen-bond donors (Lipinski definition) is 1. The number of Topliss-reactive ketones (excluding diaryl/α,β-unsaturated/α-hetero) is 1. The standard InChI is InChI=1S/C22H37NO6SSi/c1-8-11-28-21(27)20(26)23-15(13-16(24)17-10-9-12-30-17)18(19(23)25)14(2)29-31(6,7)22(3,4)5/h8,14-15,17-18,20,26H,1,9-13H2,2-7H3/t14-,15-,17-,18-,20?/m1/s1. The van der Waals surface area contributed by atoms with Crippen LogP contribution in [0, 0.1) is 5.92 Å². The van der Waals surface area contributed by atoms with Crippen LogP contribution in [0.25, 0.3) is 0 Å². The minimum absolute atomic E-state index is 0.0342. The average molecular weight is 472 g/mol. The minimum atomic E-state index is -2.15. The Balaban J connectivity index is 2.20. The van der Waals surface area contributed by atoms with Gasteiger partial charge in [-0.05, 0) is 43.7 Å². The fourth-order valence-corrected chi connectivity index (χ4v) is 6.51. The number of likely N-dealkylation sites (tertiary alicyclic amines) is 1. The summed E-state index contributed by atoms with van der Waals surface area (Å²) in [6.07, 6.45) is 1.16. The van der Waals surface area contributed by atoms with E-state index in [4.69, 9.17) is 9.16 Å². The molecule has 0 aromatic rings. The second kappa shape index (κ2) is 10.2. The summed E-state index contributed by atoms with van der Waals surface area (Å²) in [5.74, 6) is -0.870. The minimum Gasteiger partial charge on any atom is -0.458 e. The van der Waals surface area contributed by atoms with E-state index < -0.39 is 38.6 Å². The molecule has 2 aliphatic heterocycles. The van der Waals surface area contributed by atoms with E-state index in [2.05, 4.69) is 40.4 Å². The van der Waals surface area contributed by atoms with Gasteiger partial charge in [-0.25, -0.2) is 4.79 Å². The molecule has 31 heavy (non-hydrogen) atoms. The number of ketones is 1. The van der Waals surface area contributed by atoms with Crippen LogP contribution in [0.1, 0.15) is 47.0 Å². The van der Waals surface area contributed by atoms with Crippen LogP contribution in [0.2, 0.25) is 18.1 Å². The smallest absolute Gasteiger partial charge is 0.356 e. The molecule has 0 spiro atoms. The number of thioether (sulfide) groups is 1. The summed E-state index contributed by atoms with van der Waals surface area (Å²) < 4.78 is 11.3. The number of ether oxygens (including phenoxy) is 1. The Bertz CT molecular complexity index is 701. The Morgan fingerprint density at radius 1 is 1.39 bits per heavy atom. The Hall–Kier alpha value is -1.16. The summed E-state index contributed by atoms with van der Waals surface area (Å²) in [5.41, 5.74) is 0. The van der Waals surface area contributed by atoms with Gasteiger partial charge in [0.1, 0.15) is 12.4 Å². The number of esters is 1. The summed E-state index contributed by atoms with van der Waals surface area (Å²) in [6.45, 7) is 15.9. The highest BCUT2D eigenvalue weighted by Crippen LogP contribution is 2.42. The van der Waals surface area contributed by atoms with Gasteiger partial charge in [0.05, 0.1) is 23.3 Å². The predicted octanol–water partition coefficient (Wildman–Crippen LogP) is 3.13. The molecule has 9 heteroatoms. The predicted molar refractivity (Wildman–Crippen MR) is 124 cm³/mol. The fraction of sp³-hybridized carbons (Fsp3) is 0.773. The summed E-state index contributed by atoms with van der Waals surface area (Å²) in [5, 5.41) is 10.4. The molecule has 2 fully saturated rings. The van der Waals surface area contributed by atoms with Crippen molar-refractivity contribution in [2.45, 2.75) is 88.7 Å². The molecular formula is C22H37NO6SSi. The molecule has 0 radical (unpaired) electrons. The second-order valence-electron chi connectivity index (χ2n) is 9.89. The Morgan fingerprint density at radius 3 is 2.55 bits per heavy atom. The number of amides is 1. The third kappa shape index (κ3) is 5.80. The summed E-state index contributed by atoms with van der Waals surface area (Å²) in [6, 6.07) is -0.591. The first kappa shape index (κ1) is 26.1. The number of aliphatic hydroxyl groups excluding tert-OH is 1.